The molecule has 1 aliphatic carbocycles. The van der Waals surface area contributed by atoms with Gasteiger partial charge in [0.15, 0.2) is 0 Å². The smallest absolute Gasteiger partial charge is 0.227 e. The highest BCUT2D eigenvalue weighted by Crippen LogP contribution is 2.54. The summed E-state index contributed by atoms with van der Waals surface area (Å²) in [7, 11) is 0. The lowest BCUT2D eigenvalue weighted by molar-refractivity contribution is 0.654. The van der Waals surface area contributed by atoms with Crippen LogP contribution in [-0.4, -0.2) is 4.98 Å². The van der Waals surface area contributed by atoms with Gasteiger partial charge in [0.05, 0.1) is 16.8 Å². The van der Waals surface area contributed by atoms with Crippen molar-refractivity contribution in [1.82, 2.24) is 4.98 Å². The van der Waals surface area contributed by atoms with E-state index in [0.717, 1.165) is 44.2 Å². The highest BCUT2D eigenvalue weighted by atomic mass is 16.3. The normalized spacial score (nSPS) is 13.1. The number of furan rings is 1. The number of benzene rings is 7. The highest BCUT2D eigenvalue weighted by Gasteiger charge is 2.37. The van der Waals surface area contributed by atoms with E-state index in [9.17, 15) is 0 Å². The third-order valence-electron chi connectivity index (χ3n) is 10.7. The van der Waals surface area contributed by atoms with Gasteiger partial charge in [-0.1, -0.05) is 141 Å². The maximum absolute atomic E-state index is 6.24. The topological polar surface area (TPSA) is 29.3 Å². The van der Waals surface area contributed by atoms with Gasteiger partial charge < -0.3 is 9.32 Å². The predicted molar refractivity (Wildman–Crippen MR) is 212 cm³/mol. The second-order valence-electron chi connectivity index (χ2n) is 14.0. The SMILES string of the molecule is CC1(C)c2ccccc2-c2cc(N(c3ccc(-c4ccccc4)cc3)c3cccc4c3cnc3oc5ccccc5c34)c(-c3ccccc3)cc21. The molecule has 10 rings (SSSR count). The van der Waals surface area contributed by atoms with Gasteiger partial charge in [-0.3, -0.25) is 0 Å². The van der Waals surface area contributed by atoms with Crippen LogP contribution in [0, 0.1) is 0 Å². The first kappa shape index (κ1) is 29.5. The Morgan fingerprint density at radius 3 is 1.96 bits per heavy atom. The van der Waals surface area contributed by atoms with Crippen LogP contribution in [0.5, 0.6) is 0 Å². The molecule has 2 heterocycles. The van der Waals surface area contributed by atoms with Crippen molar-refractivity contribution in [2.24, 2.45) is 0 Å². The Hall–Kier alpha value is -6.45. The summed E-state index contributed by atoms with van der Waals surface area (Å²) in [6.45, 7) is 4.70. The van der Waals surface area contributed by atoms with E-state index in [4.69, 9.17) is 9.40 Å². The Labute approximate surface area is 297 Å². The molecule has 3 heteroatoms. The molecule has 0 spiro atoms. The Bertz CT molecular complexity index is 2760. The van der Waals surface area contributed by atoms with Gasteiger partial charge in [-0.2, -0.15) is 0 Å². The molecule has 3 nitrogen and oxygen atoms in total. The molecule has 1 aliphatic rings. The molecule has 9 aromatic rings. The summed E-state index contributed by atoms with van der Waals surface area (Å²) in [5.41, 5.74) is 14.6. The first-order valence-electron chi connectivity index (χ1n) is 17.5. The molecule has 0 aliphatic heterocycles. The van der Waals surface area contributed by atoms with Crippen molar-refractivity contribution in [1.29, 1.82) is 0 Å². The number of para-hydroxylation sites is 1. The van der Waals surface area contributed by atoms with Crippen molar-refractivity contribution < 1.29 is 4.42 Å². The third-order valence-corrected chi connectivity index (χ3v) is 10.7. The average Bonchev–Trinajstić information content (AvgIpc) is 3.68. The summed E-state index contributed by atoms with van der Waals surface area (Å²) < 4.78 is 6.24. The number of hydrogen-bond acceptors (Lipinski definition) is 3. The number of hydrogen-bond donors (Lipinski definition) is 0. The number of nitrogens with zero attached hydrogens (tertiary/aromatic N) is 2. The Morgan fingerprint density at radius 2 is 1.16 bits per heavy atom. The molecule has 0 amide bonds. The first-order valence-corrected chi connectivity index (χ1v) is 17.5. The molecule has 0 bridgehead atoms. The minimum Gasteiger partial charge on any atom is -0.438 e. The molecule has 2 aromatic heterocycles. The highest BCUT2D eigenvalue weighted by molar-refractivity contribution is 6.20. The molecule has 0 radical (unpaired) electrons. The van der Waals surface area contributed by atoms with Crippen LogP contribution in [-0.2, 0) is 5.41 Å². The zero-order chi connectivity index (χ0) is 34.1. The summed E-state index contributed by atoms with van der Waals surface area (Å²) in [5.74, 6) is 0. The number of pyridine rings is 1. The summed E-state index contributed by atoms with van der Waals surface area (Å²) in [6.07, 6.45) is 1.98. The van der Waals surface area contributed by atoms with E-state index < -0.39 is 0 Å². The number of fused-ring (bicyclic) bond motifs is 8. The molecular formula is C48H34N2O. The Balaban J connectivity index is 1.29. The van der Waals surface area contributed by atoms with Crippen LogP contribution in [0.1, 0.15) is 25.0 Å². The second kappa shape index (κ2) is 11.3. The van der Waals surface area contributed by atoms with Crippen LogP contribution in [0.25, 0.3) is 66.2 Å². The van der Waals surface area contributed by atoms with Crippen molar-refractivity contribution in [3.05, 3.63) is 181 Å². The van der Waals surface area contributed by atoms with Gasteiger partial charge in [0.25, 0.3) is 0 Å². The molecule has 0 atom stereocenters. The average molecular weight is 655 g/mol. The zero-order valence-electron chi connectivity index (χ0n) is 28.5. The van der Waals surface area contributed by atoms with E-state index in [1.807, 2.05) is 18.3 Å². The summed E-state index contributed by atoms with van der Waals surface area (Å²) in [6, 6.07) is 58.9. The Morgan fingerprint density at radius 1 is 0.490 bits per heavy atom. The monoisotopic (exact) mass is 654 g/mol. The fourth-order valence-electron chi connectivity index (χ4n) is 8.22. The fourth-order valence-corrected chi connectivity index (χ4v) is 8.22. The maximum atomic E-state index is 6.24. The number of aromatic nitrogens is 1. The molecule has 242 valence electrons. The molecule has 0 saturated carbocycles. The van der Waals surface area contributed by atoms with Crippen molar-refractivity contribution in [3.63, 3.8) is 0 Å². The molecule has 51 heavy (non-hydrogen) atoms. The van der Waals surface area contributed by atoms with E-state index in [2.05, 4.69) is 170 Å². The minimum atomic E-state index is -0.131. The summed E-state index contributed by atoms with van der Waals surface area (Å²) >= 11 is 0. The molecule has 0 saturated heterocycles. The van der Waals surface area contributed by atoms with Crippen LogP contribution in [0.4, 0.5) is 17.1 Å². The van der Waals surface area contributed by atoms with Crippen LogP contribution < -0.4 is 4.90 Å². The van der Waals surface area contributed by atoms with E-state index in [-0.39, 0.29) is 5.41 Å². The van der Waals surface area contributed by atoms with E-state index in [1.165, 1.54) is 44.5 Å². The Kier molecular flexibility index (Phi) is 6.53. The summed E-state index contributed by atoms with van der Waals surface area (Å²) in [5, 5.41) is 4.28. The molecule has 0 unspecified atom stereocenters. The third kappa shape index (κ3) is 4.55. The van der Waals surface area contributed by atoms with E-state index in [1.54, 1.807) is 0 Å². The molecule has 0 fully saturated rings. The first-order chi connectivity index (χ1) is 25.1. The van der Waals surface area contributed by atoms with Gasteiger partial charge in [0.1, 0.15) is 5.58 Å². The van der Waals surface area contributed by atoms with Crippen LogP contribution in [0.2, 0.25) is 0 Å². The van der Waals surface area contributed by atoms with Gasteiger partial charge in [-0.05, 0) is 80.7 Å². The van der Waals surface area contributed by atoms with Crippen LogP contribution in [0.15, 0.2) is 174 Å². The second-order valence-corrected chi connectivity index (χ2v) is 14.0. The van der Waals surface area contributed by atoms with Gasteiger partial charge in [-0.15, -0.1) is 0 Å². The quantitative estimate of drug-likeness (QED) is 0.185. The van der Waals surface area contributed by atoms with Crippen molar-refractivity contribution in [2.75, 3.05) is 4.90 Å². The van der Waals surface area contributed by atoms with Gasteiger partial charge in [0, 0.05) is 33.6 Å². The predicted octanol–water partition coefficient (Wildman–Crippen LogP) is 13.2. The molecule has 7 aromatic carbocycles. The van der Waals surface area contributed by atoms with Gasteiger partial charge in [-0.25, -0.2) is 4.98 Å². The largest absolute Gasteiger partial charge is 0.438 e. The standard InChI is InChI=1S/C48H34N2O/c1-48(2)41-21-11-9-18-35(41)39-29-44(38(28-42(39)48)33-16-7-4-8-17-33)50(34-26-24-32(25-27-34)31-14-5-3-6-15-31)43-22-13-20-36-40(43)30-49-47-46(36)37-19-10-12-23-45(37)51-47/h3-30H,1-2H3. The maximum Gasteiger partial charge on any atom is 0.227 e. The lowest BCUT2D eigenvalue weighted by atomic mass is 9.81. The van der Waals surface area contributed by atoms with Crippen molar-refractivity contribution >= 4 is 49.9 Å². The van der Waals surface area contributed by atoms with E-state index >= 15 is 0 Å². The zero-order valence-corrected chi connectivity index (χ0v) is 28.5. The summed E-state index contributed by atoms with van der Waals surface area (Å²) in [4.78, 5) is 7.36. The minimum absolute atomic E-state index is 0.131. The van der Waals surface area contributed by atoms with Crippen LogP contribution in [0.3, 0.4) is 0 Å². The number of anilines is 3. The van der Waals surface area contributed by atoms with Crippen molar-refractivity contribution in [3.8, 4) is 33.4 Å². The lowest BCUT2D eigenvalue weighted by Gasteiger charge is -2.31. The lowest BCUT2D eigenvalue weighted by Crippen LogP contribution is -2.16. The van der Waals surface area contributed by atoms with Crippen molar-refractivity contribution in [2.45, 2.75) is 19.3 Å². The van der Waals surface area contributed by atoms with Gasteiger partial charge >= 0.3 is 0 Å². The van der Waals surface area contributed by atoms with E-state index in [0.29, 0.717) is 5.71 Å². The fraction of sp³-hybridized carbons (Fsp3) is 0.0625. The van der Waals surface area contributed by atoms with Crippen LogP contribution >= 0.6 is 0 Å². The molecular weight excluding hydrogens is 621 g/mol. The van der Waals surface area contributed by atoms with Gasteiger partial charge in [0.2, 0.25) is 5.71 Å². The molecule has 0 N–H and O–H groups in total. The number of rotatable bonds is 5.